The van der Waals surface area contributed by atoms with Crippen LogP contribution >= 0.6 is 22.9 Å². The first-order chi connectivity index (χ1) is 9.66. The van der Waals surface area contributed by atoms with Crippen LogP contribution in [0.2, 0.25) is 5.02 Å². The van der Waals surface area contributed by atoms with Gasteiger partial charge in [0.05, 0.1) is 26.3 Å². The molecule has 0 atom stereocenters. The van der Waals surface area contributed by atoms with Crippen molar-refractivity contribution in [1.29, 1.82) is 0 Å². The smallest absolute Gasteiger partial charge is 0.231 e. The zero-order valence-corrected chi connectivity index (χ0v) is 12.6. The van der Waals surface area contributed by atoms with E-state index < -0.39 is 5.41 Å². The molecule has 1 aromatic heterocycles. The molecule has 0 saturated heterocycles. The number of fused-ring (bicyclic) bond motifs is 1. The van der Waals surface area contributed by atoms with Gasteiger partial charge in [-0.05, 0) is 25.0 Å². The Bertz CT molecular complexity index is 649. The molecule has 0 aliphatic heterocycles. The molecular formula is C14H16ClN3OS. The third-order valence-corrected chi connectivity index (χ3v) is 5.23. The molecule has 0 radical (unpaired) electrons. The van der Waals surface area contributed by atoms with Gasteiger partial charge in [0.15, 0.2) is 0 Å². The quantitative estimate of drug-likeness (QED) is 0.913. The first kappa shape index (κ1) is 13.8. The molecule has 0 bridgehead atoms. The van der Waals surface area contributed by atoms with E-state index in [4.69, 9.17) is 17.3 Å². The monoisotopic (exact) mass is 309 g/mol. The summed E-state index contributed by atoms with van der Waals surface area (Å²) in [4.78, 5) is 16.9. The predicted molar refractivity (Wildman–Crippen MR) is 83.2 cm³/mol. The molecule has 1 heterocycles. The largest absolute Gasteiger partial charge is 0.329 e. The van der Waals surface area contributed by atoms with E-state index in [1.807, 2.05) is 6.07 Å². The molecular weight excluding hydrogens is 294 g/mol. The van der Waals surface area contributed by atoms with Gasteiger partial charge in [-0.25, -0.2) is 4.98 Å². The maximum absolute atomic E-state index is 12.6. The topological polar surface area (TPSA) is 68.0 Å². The predicted octanol–water partition coefficient (Wildman–Crippen LogP) is 3.41. The van der Waals surface area contributed by atoms with Gasteiger partial charge in [0.1, 0.15) is 5.52 Å². The second-order valence-corrected chi connectivity index (χ2v) is 6.56. The highest BCUT2D eigenvalue weighted by molar-refractivity contribution is 7.16. The summed E-state index contributed by atoms with van der Waals surface area (Å²) in [6.45, 7) is 0.378. The van der Waals surface area contributed by atoms with Crippen LogP contribution < -0.4 is 11.1 Å². The molecule has 1 aromatic carbocycles. The van der Waals surface area contributed by atoms with E-state index in [1.54, 1.807) is 11.6 Å². The van der Waals surface area contributed by atoms with Gasteiger partial charge >= 0.3 is 0 Å². The standard InChI is InChI=1S/C14H16ClN3OS/c15-9-3-4-10-12(17-8-20-10)11(9)18-13(19)14(7-16)5-1-2-6-14/h3-4,8H,1-2,5-7,16H2,(H,18,19). The van der Waals surface area contributed by atoms with Crippen molar-refractivity contribution in [3.05, 3.63) is 22.7 Å². The van der Waals surface area contributed by atoms with Crippen molar-refractivity contribution in [3.63, 3.8) is 0 Å². The molecule has 0 spiro atoms. The lowest BCUT2D eigenvalue weighted by molar-refractivity contribution is -0.124. The van der Waals surface area contributed by atoms with Crippen molar-refractivity contribution in [1.82, 2.24) is 4.98 Å². The molecule has 3 N–H and O–H groups in total. The Balaban J connectivity index is 1.95. The lowest BCUT2D eigenvalue weighted by atomic mass is 9.85. The Kier molecular flexibility index (Phi) is 3.67. The van der Waals surface area contributed by atoms with Crippen molar-refractivity contribution >= 4 is 44.7 Å². The lowest BCUT2D eigenvalue weighted by Gasteiger charge is -2.26. The van der Waals surface area contributed by atoms with E-state index in [1.165, 1.54) is 11.3 Å². The number of carbonyl (C=O) groups excluding carboxylic acids is 1. The number of halogens is 1. The second-order valence-electron chi connectivity index (χ2n) is 5.27. The average molecular weight is 310 g/mol. The van der Waals surface area contributed by atoms with Gasteiger partial charge in [0, 0.05) is 6.54 Å². The van der Waals surface area contributed by atoms with Gasteiger partial charge in [-0.15, -0.1) is 11.3 Å². The minimum absolute atomic E-state index is 0.0279. The highest BCUT2D eigenvalue weighted by Gasteiger charge is 2.40. The molecule has 4 nitrogen and oxygen atoms in total. The van der Waals surface area contributed by atoms with Gasteiger partial charge < -0.3 is 11.1 Å². The Morgan fingerprint density at radius 1 is 1.45 bits per heavy atom. The number of nitrogens with two attached hydrogens (primary N) is 1. The number of aromatic nitrogens is 1. The van der Waals surface area contributed by atoms with Crippen LogP contribution in [0.15, 0.2) is 17.6 Å². The molecule has 3 rings (SSSR count). The summed E-state index contributed by atoms with van der Waals surface area (Å²) in [5.41, 5.74) is 8.52. The molecule has 1 fully saturated rings. The van der Waals surface area contributed by atoms with Gasteiger partial charge in [-0.1, -0.05) is 24.4 Å². The zero-order valence-electron chi connectivity index (χ0n) is 11.0. The van der Waals surface area contributed by atoms with Crippen molar-refractivity contribution in [2.45, 2.75) is 25.7 Å². The molecule has 20 heavy (non-hydrogen) atoms. The number of benzene rings is 1. The number of hydrogen-bond acceptors (Lipinski definition) is 4. The van der Waals surface area contributed by atoms with E-state index in [0.29, 0.717) is 17.3 Å². The first-order valence-electron chi connectivity index (χ1n) is 6.69. The van der Waals surface area contributed by atoms with E-state index in [2.05, 4.69) is 10.3 Å². The van der Waals surface area contributed by atoms with E-state index >= 15 is 0 Å². The van der Waals surface area contributed by atoms with Crippen LogP contribution in [0, 0.1) is 5.41 Å². The Labute approximate surface area is 126 Å². The average Bonchev–Trinajstić information content (AvgIpc) is 3.10. The highest BCUT2D eigenvalue weighted by Crippen LogP contribution is 2.40. The SMILES string of the molecule is NCC1(C(=O)Nc2c(Cl)ccc3scnc23)CCCC1. The fraction of sp³-hybridized carbons (Fsp3) is 0.429. The molecule has 2 aromatic rings. The van der Waals surface area contributed by atoms with Crippen molar-refractivity contribution in [3.8, 4) is 0 Å². The fourth-order valence-electron chi connectivity index (χ4n) is 2.85. The number of amides is 1. The zero-order chi connectivity index (χ0) is 14.2. The number of carbonyl (C=O) groups is 1. The molecule has 0 unspecified atom stereocenters. The number of anilines is 1. The maximum atomic E-state index is 12.6. The third-order valence-electron chi connectivity index (χ3n) is 4.12. The normalized spacial score (nSPS) is 17.5. The summed E-state index contributed by atoms with van der Waals surface area (Å²) in [7, 11) is 0. The van der Waals surface area contributed by atoms with Crippen molar-refractivity contribution in [2.24, 2.45) is 11.1 Å². The number of nitrogens with one attached hydrogen (secondary N) is 1. The summed E-state index contributed by atoms with van der Waals surface area (Å²) < 4.78 is 1.01. The van der Waals surface area contributed by atoms with Crippen molar-refractivity contribution in [2.75, 3.05) is 11.9 Å². The van der Waals surface area contributed by atoms with Crippen LogP contribution in [0.3, 0.4) is 0 Å². The van der Waals surface area contributed by atoms with Gasteiger partial charge in [-0.3, -0.25) is 4.79 Å². The van der Waals surface area contributed by atoms with Crippen LogP contribution in [0.25, 0.3) is 10.2 Å². The molecule has 106 valence electrons. The third kappa shape index (κ3) is 2.20. The van der Waals surface area contributed by atoms with Crippen LogP contribution in [-0.4, -0.2) is 17.4 Å². The van der Waals surface area contributed by atoms with Gasteiger partial charge in [0.2, 0.25) is 5.91 Å². The molecule has 1 aliphatic rings. The maximum Gasteiger partial charge on any atom is 0.231 e. The van der Waals surface area contributed by atoms with E-state index in [9.17, 15) is 4.79 Å². The van der Waals surface area contributed by atoms with Gasteiger partial charge in [-0.2, -0.15) is 0 Å². The van der Waals surface area contributed by atoms with Crippen LogP contribution in [0.1, 0.15) is 25.7 Å². The Hall–Kier alpha value is -1.17. The van der Waals surface area contributed by atoms with Crippen molar-refractivity contribution < 1.29 is 4.79 Å². The minimum atomic E-state index is -0.443. The summed E-state index contributed by atoms with van der Waals surface area (Å²) >= 11 is 7.75. The summed E-state index contributed by atoms with van der Waals surface area (Å²) in [5.74, 6) is -0.0279. The number of nitrogens with zero attached hydrogens (tertiary/aromatic N) is 1. The summed E-state index contributed by atoms with van der Waals surface area (Å²) in [6, 6.07) is 3.71. The molecule has 1 saturated carbocycles. The number of rotatable bonds is 3. The van der Waals surface area contributed by atoms with E-state index in [0.717, 1.165) is 35.9 Å². The van der Waals surface area contributed by atoms with Crippen LogP contribution in [0.4, 0.5) is 5.69 Å². The molecule has 1 aliphatic carbocycles. The highest BCUT2D eigenvalue weighted by atomic mass is 35.5. The fourth-order valence-corrected chi connectivity index (χ4v) is 3.73. The summed E-state index contributed by atoms with van der Waals surface area (Å²) in [6.07, 6.45) is 3.80. The Morgan fingerprint density at radius 2 is 2.20 bits per heavy atom. The minimum Gasteiger partial charge on any atom is -0.329 e. The molecule has 6 heteroatoms. The second kappa shape index (κ2) is 5.31. The van der Waals surface area contributed by atoms with Gasteiger partial charge in [0.25, 0.3) is 0 Å². The summed E-state index contributed by atoms with van der Waals surface area (Å²) in [5, 5.41) is 3.48. The number of thiazole rings is 1. The van der Waals surface area contributed by atoms with Crippen LogP contribution in [0.5, 0.6) is 0 Å². The number of hydrogen-bond donors (Lipinski definition) is 2. The lowest BCUT2D eigenvalue weighted by Crippen LogP contribution is -2.40. The van der Waals surface area contributed by atoms with Crippen LogP contribution in [-0.2, 0) is 4.79 Å². The first-order valence-corrected chi connectivity index (χ1v) is 7.95. The Morgan fingerprint density at radius 3 is 2.90 bits per heavy atom. The van der Waals surface area contributed by atoms with E-state index in [-0.39, 0.29) is 5.91 Å². The molecule has 1 amide bonds.